The molecule has 0 unspecified atom stereocenters. The van der Waals surface area contributed by atoms with Gasteiger partial charge in [-0.2, -0.15) is 0 Å². The number of carbonyl (C=O) groups is 1. The fourth-order valence-electron chi connectivity index (χ4n) is 2.89. The van der Waals surface area contributed by atoms with E-state index in [0.29, 0.717) is 21.3 Å². The molecule has 0 atom stereocenters. The average Bonchev–Trinajstić information content (AvgIpc) is 2.64. The van der Waals surface area contributed by atoms with Crippen LogP contribution in [0.4, 0.5) is 11.4 Å². The van der Waals surface area contributed by atoms with Gasteiger partial charge in [0, 0.05) is 36.3 Å². The molecule has 1 aliphatic heterocycles. The predicted octanol–water partition coefficient (Wildman–Crippen LogP) is 4.63. The van der Waals surface area contributed by atoms with Gasteiger partial charge in [0.25, 0.3) is 5.91 Å². The lowest BCUT2D eigenvalue weighted by molar-refractivity contribution is 0.0978. The standard InChI is InChI=1S/C19H19BrCl2N4OS/c1-25-6-8-26(9-7-25)17-5-3-13(11-16(17)22)23-19(28)24-18(27)14-10-12(20)2-4-15(14)21/h2-5,10-11H,6-9H2,1H3,(H2,23,24,27,28). The molecule has 0 bridgehead atoms. The van der Waals surface area contributed by atoms with E-state index >= 15 is 0 Å². The number of piperazine rings is 1. The third-order valence-corrected chi connectivity index (χ3v) is 5.78. The molecule has 0 saturated carbocycles. The number of hydrogen-bond donors (Lipinski definition) is 2. The maximum absolute atomic E-state index is 12.4. The van der Waals surface area contributed by atoms with Crippen LogP contribution in [0.1, 0.15) is 10.4 Å². The highest BCUT2D eigenvalue weighted by atomic mass is 79.9. The van der Waals surface area contributed by atoms with Crippen LogP contribution in [0.5, 0.6) is 0 Å². The number of carbonyl (C=O) groups excluding carboxylic acids is 1. The van der Waals surface area contributed by atoms with Crippen molar-refractivity contribution >= 4 is 73.7 Å². The molecule has 2 N–H and O–H groups in total. The van der Waals surface area contributed by atoms with E-state index in [1.54, 1.807) is 24.3 Å². The smallest absolute Gasteiger partial charge is 0.258 e. The Morgan fingerprint density at radius 1 is 1.07 bits per heavy atom. The highest BCUT2D eigenvalue weighted by molar-refractivity contribution is 9.10. The summed E-state index contributed by atoms with van der Waals surface area (Å²) in [5, 5.41) is 6.78. The normalized spacial score (nSPS) is 14.6. The van der Waals surface area contributed by atoms with Crippen molar-refractivity contribution in [1.29, 1.82) is 0 Å². The Morgan fingerprint density at radius 2 is 1.79 bits per heavy atom. The number of benzene rings is 2. The number of rotatable bonds is 3. The van der Waals surface area contributed by atoms with Gasteiger partial charge in [-0.05, 0) is 55.7 Å². The molecule has 3 rings (SSSR count). The van der Waals surface area contributed by atoms with Gasteiger partial charge >= 0.3 is 0 Å². The lowest BCUT2D eigenvalue weighted by Gasteiger charge is -2.34. The fourth-order valence-corrected chi connectivity index (χ4v) is 3.97. The lowest BCUT2D eigenvalue weighted by Crippen LogP contribution is -2.44. The number of nitrogens with zero attached hydrogens (tertiary/aromatic N) is 2. The second-order valence-electron chi connectivity index (χ2n) is 6.49. The highest BCUT2D eigenvalue weighted by Crippen LogP contribution is 2.29. The van der Waals surface area contributed by atoms with Crippen molar-refractivity contribution < 1.29 is 4.79 Å². The quantitative estimate of drug-likeness (QED) is 0.600. The molecule has 0 spiro atoms. The molecule has 1 heterocycles. The Morgan fingerprint density at radius 3 is 2.46 bits per heavy atom. The minimum Gasteiger partial charge on any atom is -0.368 e. The number of likely N-dealkylation sites (N-methyl/N-ethyl adjacent to an activating group) is 1. The molecule has 2 aromatic rings. The first-order valence-corrected chi connectivity index (χ1v) is 10.6. The van der Waals surface area contributed by atoms with Crippen molar-refractivity contribution in [3.8, 4) is 0 Å². The fraction of sp³-hybridized carbons (Fsp3) is 0.263. The highest BCUT2D eigenvalue weighted by Gasteiger charge is 2.17. The number of thiocarbonyl (C=S) groups is 1. The van der Waals surface area contributed by atoms with Gasteiger partial charge in [0.1, 0.15) is 0 Å². The van der Waals surface area contributed by atoms with Gasteiger partial charge in [0.2, 0.25) is 0 Å². The SMILES string of the molecule is CN1CCN(c2ccc(NC(=S)NC(=O)c3cc(Br)ccc3Cl)cc2Cl)CC1. The van der Waals surface area contributed by atoms with E-state index in [0.717, 1.165) is 36.3 Å². The third kappa shape index (κ3) is 5.36. The molecule has 28 heavy (non-hydrogen) atoms. The van der Waals surface area contributed by atoms with Crippen LogP contribution in [0.15, 0.2) is 40.9 Å². The minimum absolute atomic E-state index is 0.171. The summed E-state index contributed by atoms with van der Waals surface area (Å²) in [6, 6.07) is 10.7. The van der Waals surface area contributed by atoms with Gasteiger partial charge in [-0.3, -0.25) is 10.1 Å². The molecule has 9 heteroatoms. The Kier molecular flexibility index (Phi) is 7.17. The molecule has 0 aromatic heterocycles. The molecule has 0 aliphatic carbocycles. The molecule has 1 aliphatic rings. The number of amides is 1. The molecule has 0 radical (unpaired) electrons. The zero-order valence-corrected chi connectivity index (χ0v) is 19.1. The van der Waals surface area contributed by atoms with Crippen molar-refractivity contribution in [1.82, 2.24) is 10.2 Å². The van der Waals surface area contributed by atoms with Crippen molar-refractivity contribution in [2.24, 2.45) is 0 Å². The summed E-state index contributed by atoms with van der Waals surface area (Å²) in [4.78, 5) is 16.9. The van der Waals surface area contributed by atoms with Gasteiger partial charge in [0.05, 0.1) is 21.3 Å². The predicted molar refractivity (Wildman–Crippen MR) is 124 cm³/mol. The first-order chi connectivity index (χ1) is 13.3. The maximum atomic E-state index is 12.4. The van der Waals surface area contributed by atoms with Crippen molar-refractivity contribution in [3.63, 3.8) is 0 Å². The minimum atomic E-state index is -0.385. The average molecular weight is 502 g/mol. The molecule has 1 saturated heterocycles. The second-order valence-corrected chi connectivity index (χ2v) is 8.63. The van der Waals surface area contributed by atoms with Gasteiger partial charge in [-0.15, -0.1) is 0 Å². The van der Waals surface area contributed by atoms with Crippen LogP contribution in [0.2, 0.25) is 10.0 Å². The first-order valence-electron chi connectivity index (χ1n) is 8.64. The monoisotopic (exact) mass is 500 g/mol. The van der Waals surface area contributed by atoms with Crippen LogP contribution in [0, 0.1) is 0 Å². The Balaban J connectivity index is 1.63. The van der Waals surface area contributed by atoms with E-state index < -0.39 is 0 Å². The van der Waals surface area contributed by atoms with Crippen LogP contribution in [0.3, 0.4) is 0 Å². The van der Waals surface area contributed by atoms with Gasteiger partial charge < -0.3 is 15.1 Å². The van der Waals surface area contributed by atoms with Gasteiger partial charge in [-0.1, -0.05) is 39.1 Å². The Bertz CT molecular complexity index is 903. The third-order valence-electron chi connectivity index (χ3n) is 4.45. The molecular weight excluding hydrogens is 483 g/mol. The van der Waals surface area contributed by atoms with Crippen molar-refractivity contribution in [3.05, 3.63) is 56.5 Å². The number of halogens is 3. The zero-order valence-electron chi connectivity index (χ0n) is 15.1. The zero-order chi connectivity index (χ0) is 20.3. The topological polar surface area (TPSA) is 47.6 Å². The molecule has 2 aromatic carbocycles. The second kappa shape index (κ2) is 9.41. The summed E-state index contributed by atoms with van der Waals surface area (Å²) in [6.07, 6.45) is 0. The summed E-state index contributed by atoms with van der Waals surface area (Å²) in [7, 11) is 2.11. The molecule has 148 valence electrons. The summed E-state index contributed by atoms with van der Waals surface area (Å²) < 4.78 is 0.757. The van der Waals surface area contributed by atoms with Crippen LogP contribution >= 0.6 is 51.3 Å². The first kappa shape index (κ1) is 21.3. The van der Waals surface area contributed by atoms with E-state index in [9.17, 15) is 4.79 Å². The largest absolute Gasteiger partial charge is 0.368 e. The van der Waals surface area contributed by atoms with Gasteiger partial charge in [-0.25, -0.2) is 0 Å². The van der Waals surface area contributed by atoms with Crippen LogP contribution in [-0.4, -0.2) is 49.1 Å². The number of anilines is 2. The van der Waals surface area contributed by atoms with Crippen LogP contribution in [-0.2, 0) is 0 Å². The summed E-state index contributed by atoms with van der Waals surface area (Å²) >= 11 is 21.1. The van der Waals surface area contributed by atoms with Crippen LogP contribution < -0.4 is 15.5 Å². The van der Waals surface area contributed by atoms with E-state index in [-0.39, 0.29) is 11.0 Å². The van der Waals surface area contributed by atoms with E-state index in [4.69, 9.17) is 35.4 Å². The Labute approximate surface area is 188 Å². The van der Waals surface area contributed by atoms with E-state index in [1.807, 2.05) is 12.1 Å². The van der Waals surface area contributed by atoms with Crippen LogP contribution in [0.25, 0.3) is 0 Å². The lowest BCUT2D eigenvalue weighted by atomic mass is 10.2. The summed E-state index contributed by atoms with van der Waals surface area (Å²) in [6.45, 7) is 3.88. The summed E-state index contributed by atoms with van der Waals surface area (Å²) in [5.74, 6) is -0.385. The Hall–Kier alpha value is -1.38. The molecular formula is C19H19BrCl2N4OS. The molecule has 1 amide bonds. The van der Waals surface area contributed by atoms with Crippen molar-refractivity contribution in [2.45, 2.75) is 0 Å². The summed E-state index contributed by atoms with van der Waals surface area (Å²) in [5.41, 5.74) is 2.04. The van der Waals surface area contributed by atoms with Gasteiger partial charge in [0.15, 0.2) is 5.11 Å². The number of nitrogens with one attached hydrogen (secondary N) is 2. The number of hydrogen-bond acceptors (Lipinski definition) is 4. The molecule has 5 nitrogen and oxygen atoms in total. The van der Waals surface area contributed by atoms with E-state index in [1.165, 1.54) is 0 Å². The van der Waals surface area contributed by atoms with E-state index in [2.05, 4.69) is 43.4 Å². The van der Waals surface area contributed by atoms with Crippen molar-refractivity contribution in [2.75, 3.05) is 43.4 Å². The maximum Gasteiger partial charge on any atom is 0.258 e. The molecule has 1 fully saturated rings.